The molecule has 1 N–H and O–H groups in total. The highest BCUT2D eigenvalue weighted by molar-refractivity contribution is 6.33. The largest absolute Gasteiger partial charge is 0.474 e. The van der Waals surface area contributed by atoms with E-state index in [0.717, 1.165) is 53.2 Å². The third kappa shape index (κ3) is 12.0. The number of hydrogen-bond donors (Lipinski definition) is 1. The van der Waals surface area contributed by atoms with Gasteiger partial charge >= 0.3 is 0 Å². The van der Waals surface area contributed by atoms with E-state index in [1.807, 2.05) is 55.5 Å². The standard InChI is InChI=1S/C25H30N2O3.C13H20O.C8H5ClN2/c1-25(2,3)19-13-11-18(12-14-19)22(30-23-10-6-7-15-28-23)16-29-24-20-8-4-5-9-21(20)26-17-27-24;1-10(9-14)11-5-7-12(8-6-11)13(2,3)4;9-8-6-3-1-2-4-7(6)10-5-11-8/h4-5,8-9,11-14,17,22-23H,6-7,10,15-16H2,1-3H3;5-8,10,14H,9H2,1-4H3;1-5H. The zero-order valence-corrected chi connectivity index (χ0v) is 34.0. The minimum absolute atomic E-state index is 0.109. The molecule has 0 radical (unpaired) electrons. The number of aliphatic hydroxyl groups excluding tert-OH is 1. The average Bonchev–Trinajstić information content (AvgIpc) is 3.20. The Labute approximate surface area is 331 Å². The summed E-state index contributed by atoms with van der Waals surface area (Å²) in [4.78, 5) is 16.6. The summed E-state index contributed by atoms with van der Waals surface area (Å²) in [5.41, 5.74) is 6.99. The second-order valence-electron chi connectivity index (χ2n) is 15.9. The van der Waals surface area contributed by atoms with Gasteiger partial charge in [-0.3, -0.25) is 0 Å². The van der Waals surface area contributed by atoms with Crippen LogP contribution in [0.3, 0.4) is 0 Å². The fraction of sp³-hybridized carbons (Fsp3) is 0.391. The Kier molecular flexibility index (Phi) is 14.7. The Morgan fingerprint density at radius 3 is 1.80 bits per heavy atom. The molecular weight excluding hydrogens is 708 g/mol. The first-order valence-corrected chi connectivity index (χ1v) is 19.5. The van der Waals surface area contributed by atoms with Gasteiger partial charge in [0.2, 0.25) is 5.88 Å². The maximum Gasteiger partial charge on any atom is 0.224 e. The highest BCUT2D eigenvalue weighted by atomic mass is 35.5. The Morgan fingerprint density at radius 2 is 1.25 bits per heavy atom. The normalized spacial score (nSPS) is 15.6. The van der Waals surface area contributed by atoms with Crippen molar-refractivity contribution in [2.75, 3.05) is 19.8 Å². The van der Waals surface area contributed by atoms with Crippen LogP contribution in [-0.4, -0.2) is 51.2 Å². The van der Waals surface area contributed by atoms with E-state index in [4.69, 9.17) is 30.9 Å². The number of para-hydroxylation sites is 2. The lowest BCUT2D eigenvalue weighted by atomic mass is 9.86. The summed E-state index contributed by atoms with van der Waals surface area (Å²) in [6.07, 6.45) is 5.69. The molecule has 8 nitrogen and oxygen atoms in total. The van der Waals surface area contributed by atoms with E-state index in [9.17, 15) is 0 Å². The molecule has 0 saturated carbocycles. The molecule has 1 aliphatic heterocycles. The van der Waals surface area contributed by atoms with Crippen LogP contribution in [0.15, 0.2) is 110 Å². The molecule has 6 aromatic rings. The van der Waals surface area contributed by atoms with Crippen LogP contribution < -0.4 is 4.74 Å². The number of nitrogens with zero attached hydrogens (tertiary/aromatic N) is 4. The lowest BCUT2D eigenvalue weighted by Crippen LogP contribution is -2.27. The van der Waals surface area contributed by atoms with Gasteiger partial charge in [-0.2, -0.15) is 0 Å². The lowest BCUT2D eigenvalue weighted by Gasteiger charge is -2.28. The van der Waals surface area contributed by atoms with Gasteiger partial charge < -0.3 is 19.3 Å². The molecule has 3 unspecified atom stereocenters. The van der Waals surface area contributed by atoms with Crippen molar-refractivity contribution in [3.05, 3.63) is 137 Å². The Hall–Kier alpha value is -4.47. The van der Waals surface area contributed by atoms with Crippen LogP contribution in [0, 0.1) is 0 Å². The molecule has 3 heterocycles. The third-order valence-electron chi connectivity index (χ3n) is 9.59. The number of ether oxygens (including phenoxy) is 3. The number of aromatic nitrogens is 4. The average molecular weight is 763 g/mol. The monoisotopic (exact) mass is 762 g/mol. The molecule has 3 atom stereocenters. The predicted molar refractivity (Wildman–Crippen MR) is 223 cm³/mol. The maximum absolute atomic E-state index is 9.02. The van der Waals surface area contributed by atoms with Crippen molar-refractivity contribution in [2.45, 2.75) is 96.9 Å². The molecular formula is C46H55ClN4O4. The van der Waals surface area contributed by atoms with E-state index in [1.54, 1.807) is 0 Å². The maximum atomic E-state index is 9.02. The van der Waals surface area contributed by atoms with Crippen molar-refractivity contribution in [3.63, 3.8) is 0 Å². The summed E-state index contributed by atoms with van der Waals surface area (Å²) in [6.45, 7) is 16.6. The Balaban J connectivity index is 0.000000190. The number of fused-ring (bicyclic) bond motifs is 2. The summed E-state index contributed by atoms with van der Waals surface area (Å²) >= 11 is 5.81. The molecule has 1 fully saturated rings. The SMILES string of the molecule is CC(C)(C)c1ccc(C(COc2ncnc3ccccc23)OC2CCCCO2)cc1.CC(CO)c1ccc(C(C)(C)C)cc1.Clc1ncnc2ccccc12. The zero-order chi connectivity index (χ0) is 39.4. The van der Waals surface area contributed by atoms with E-state index in [0.29, 0.717) is 17.6 Å². The van der Waals surface area contributed by atoms with Crippen molar-refractivity contribution in [3.8, 4) is 5.88 Å². The molecule has 2 aromatic heterocycles. The van der Waals surface area contributed by atoms with Crippen molar-refractivity contribution in [1.29, 1.82) is 0 Å². The topological polar surface area (TPSA) is 99.5 Å². The van der Waals surface area contributed by atoms with E-state index < -0.39 is 0 Å². The smallest absolute Gasteiger partial charge is 0.224 e. The van der Waals surface area contributed by atoms with E-state index >= 15 is 0 Å². The van der Waals surface area contributed by atoms with Crippen LogP contribution in [0.1, 0.15) is 102 Å². The fourth-order valence-corrected chi connectivity index (χ4v) is 6.26. The van der Waals surface area contributed by atoms with Gasteiger partial charge in [-0.05, 0) is 76.6 Å². The lowest BCUT2D eigenvalue weighted by molar-refractivity contribution is -0.195. The molecule has 0 aliphatic carbocycles. The fourth-order valence-electron chi connectivity index (χ4n) is 6.05. The van der Waals surface area contributed by atoms with E-state index in [1.165, 1.54) is 29.3 Å². The minimum atomic E-state index is -0.240. The van der Waals surface area contributed by atoms with Gasteiger partial charge in [-0.1, -0.05) is 133 Å². The molecule has 9 heteroatoms. The van der Waals surface area contributed by atoms with Crippen LogP contribution in [0.25, 0.3) is 21.8 Å². The van der Waals surface area contributed by atoms with Gasteiger partial charge in [-0.15, -0.1) is 0 Å². The van der Waals surface area contributed by atoms with E-state index in [2.05, 4.69) is 110 Å². The number of hydrogen-bond acceptors (Lipinski definition) is 8. The zero-order valence-electron chi connectivity index (χ0n) is 33.2. The molecule has 0 spiro atoms. The van der Waals surface area contributed by atoms with E-state index in [-0.39, 0.29) is 35.7 Å². The number of benzene rings is 4. The van der Waals surface area contributed by atoms with Crippen molar-refractivity contribution >= 4 is 33.4 Å². The van der Waals surface area contributed by atoms with Gasteiger partial charge in [0.05, 0.1) is 16.4 Å². The quantitative estimate of drug-likeness (QED) is 0.153. The number of halogens is 1. The summed E-state index contributed by atoms with van der Waals surface area (Å²) in [5.74, 6) is 0.814. The van der Waals surface area contributed by atoms with Crippen LogP contribution in [0.4, 0.5) is 0 Å². The van der Waals surface area contributed by atoms with Crippen LogP contribution in [-0.2, 0) is 20.3 Å². The van der Waals surface area contributed by atoms with Crippen LogP contribution >= 0.6 is 11.6 Å². The van der Waals surface area contributed by atoms with Gasteiger partial charge in [-0.25, -0.2) is 19.9 Å². The van der Waals surface area contributed by atoms with Crippen LogP contribution in [0.2, 0.25) is 5.15 Å². The first kappa shape index (κ1) is 41.7. The molecule has 1 aliphatic rings. The number of aliphatic hydroxyl groups is 1. The third-order valence-corrected chi connectivity index (χ3v) is 9.90. The molecule has 4 aromatic carbocycles. The first-order chi connectivity index (χ1) is 26.3. The van der Waals surface area contributed by atoms with Crippen molar-refractivity contribution in [1.82, 2.24) is 19.9 Å². The molecule has 290 valence electrons. The predicted octanol–water partition coefficient (Wildman–Crippen LogP) is 11.0. The second-order valence-corrected chi connectivity index (χ2v) is 16.3. The highest BCUT2D eigenvalue weighted by Crippen LogP contribution is 2.30. The Bertz CT molecular complexity index is 2060. The minimum Gasteiger partial charge on any atom is -0.474 e. The van der Waals surface area contributed by atoms with Gasteiger partial charge in [0.1, 0.15) is 30.5 Å². The molecule has 0 amide bonds. The first-order valence-electron chi connectivity index (χ1n) is 19.1. The second kappa shape index (κ2) is 19.4. The Morgan fingerprint density at radius 1 is 0.709 bits per heavy atom. The summed E-state index contributed by atoms with van der Waals surface area (Å²) in [7, 11) is 0. The van der Waals surface area contributed by atoms with Gasteiger partial charge in [0, 0.05) is 24.5 Å². The molecule has 1 saturated heterocycles. The summed E-state index contributed by atoms with van der Waals surface area (Å²) in [5, 5.41) is 11.3. The molecule has 0 bridgehead atoms. The van der Waals surface area contributed by atoms with Gasteiger partial charge in [0.15, 0.2) is 6.29 Å². The van der Waals surface area contributed by atoms with Crippen molar-refractivity contribution < 1.29 is 19.3 Å². The number of rotatable bonds is 8. The van der Waals surface area contributed by atoms with Crippen molar-refractivity contribution in [2.24, 2.45) is 0 Å². The molecule has 7 rings (SSSR count). The highest BCUT2D eigenvalue weighted by Gasteiger charge is 2.23. The van der Waals surface area contributed by atoms with Crippen LogP contribution in [0.5, 0.6) is 5.88 Å². The summed E-state index contributed by atoms with van der Waals surface area (Å²) in [6, 6.07) is 32.7. The molecule has 55 heavy (non-hydrogen) atoms. The van der Waals surface area contributed by atoms with Gasteiger partial charge in [0.25, 0.3) is 0 Å². The summed E-state index contributed by atoms with van der Waals surface area (Å²) < 4.78 is 18.3.